The molecule has 0 aliphatic carbocycles. The van der Waals surface area contributed by atoms with Crippen molar-refractivity contribution in [1.82, 2.24) is 0 Å². The maximum atomic E-state index is 13.6. The second-order valence-electron chi connectivity index (χ2n) is 4.09. The molecule has 104 valence electrons. The molecule has 0 fully saturated rings. The maximum absolute atomic E-state index is 13.6. The van der Waals surface area contributed by atoms with Crippen LogP contribution in [0.4, 0.5) is 13.2 Å². The van der Waals surface area contributed by atoms with Crippen LogP contribution in [-0.4, -0.2) is 17.2 Å². The Labute approximate surface area is 113 Å². The molecule has 0 atom stereocenters. The van der Waals surface area contributed by atoms with Crippen LogP contribution < -0.4 is 10.2 Å². The zero-order chi connectivity index (χ0) is 14.7. The fraction of sp³-hybridized carbons (Fsp3) is 0.0769. The average Bonchev–Trinajstić information content (AvgIpc) is 2.40. The van der Waals surface area contributed by atoms with Crippen molar-refractivity contribution in [3.63, 3.8) is 0 Å². The first-order chi connectivity index (χ1) is 9.47. The van der Waals surface area contributed by atoms with Gasteiger partial charge in [0.05, 0.1) is 0 Å². The highest BCUT2D eigenvalue weighted by atomic mass is 19.1. The largest absolute Gasteiger partial charge is 0.488 e. The number of ether oxygens (including phenoxy) is 1. The molecule has 20 heavy (non-hydrogen) atoms. The summed E-state index contributed by atoms with van der Waals surface area (Å²) in [5, 5.41) is 17.8. The summed E-state index contributed by atoms with van der Waals surface area (Å²) in [5.41, 5.74) is 0.0706. The SMILES string of the molecule is OB(O)c1ccc(COc2cc(F)ccc2F)c(F)c1. The summed E-state index contributed by atoms with van der Waals surface area (Å²) >= 11 is 0. The van der Waals surface area contributed by atoms with E-state index in [4.69, 9.17) is 14.8 Å². The Morgan fingerprint density at radius 2 is 1.70 bits per heavy atom. The summed E-state index contributed by atoms with van der Waals surface area (Å²) in [7, 11) is -1.78. The molecule has 0 bridgehead atoms. The van der Waals surface area contributed by atoms with Crippen molar-refractivity contribution in [2.45, 2.75) is 6.61 Å². The highest BCUT2D eigenvalue weighted by molar-refractivity contribution is 6.58. The van der Waals surface area contributed by atoms with E-state index in [0.29, 0.717) is 0 Å². The second-order valence-corrected chi connectivity index (χ2v) is 4.09. The van der Waals surface area contributed by atoms with Crippen molar-refractivity contribution >= 4 is 12.6 Å². The summed E-state index contributed by atoms with van der Waals surface area (Å²) in [6.45, 7) is -0.311. The molecule has 0 radical (unpaired) electrons. The van der Waals surface area contributed by atoms with E-state index in [0.717, 1.165) is 24.3 Å². The van der Waals surface area contributed by atoms with Gasteiger partial charge in [-0.1, -0.05) is 12.1 Å². The lowest BCUT2D eigenvalue weighted by molar-refractivity contribution is 0.283. The van der Waals surface area contributed by atoms with Gasteiger partial charge < -0.3 is 14.8 Å². The van der Waals surface area contributed by atoms with Crippen LogP contribution in [0, 0.1) is 17.5 Å². The van der Waals surface area contributed by atoms with Crippen LogP contribution in [0.15, 0.2) is 36.4 Å². The molecule has 2 aromatic carbocycles. The molecular formula is C13H10BF3O3. The van der Waals surface area contributed by atoms with Gasteiger partial charge in [0.1, 0.15) is 18.2 Å². The van der Waals surface area contributed by atoms with E-state index in [-0.39, 0.29) is 23.4 Å². The number of halogens is 3. The van der Waals surface area contributed by atoms with E-state index in [1.807, 2.05) is 0 Å². The predicted octanol–water partition coefficient (Wildman–Crippen LogP) is 1.36. The average molecular weight is 282 g/mol. The van der Waals surface area contributed by atoms with Crippen molar-refractivity contribution in [2.75, 3.05) is 0 Å². The van der Waals surface area contributed by atoms with Crippen LogP contribution in [0.5, 0.6) is 5.75 Å². The Bertz CT molecular complexity index is 620. The number of hydrogen-bond acceptors (Lipinski definition) is 3. The molecule has 0 spiro atoms. The molecule has 0 unspecified atom stereocenters. The molecule has 3 nitrogen and oxygen atoms in total. The second kappa shape index (κ2) is 5.98. The van der Waals surface area contributed by atoms with Gasteiger partial charge in [0.15, 0.2) is 11.6 Å². The third kappa shape index (κ3) is 3.31. The number of hydrogen-bond donors (Lipinski definition) is 2. The molecule has 0 amide bonds. The normalized spacial score (nSPS) is 10.4. The molecule has 2 rings (SSSR count). The molecule has 0 aromatic heterocycles. The Kier molecular flexibility index (Phi) is 4.31. The van der Waals surface area contributed by atoms with Crippen LogP contribution in [-0.2, 0) is 6.61 Å². The molecule has 2 aromatic rings. The molecule has 2 N–H and O–H groups in total. The van der Waals surface area contributed by atoms with Gasteiger partial charge in [-0.15, -0.1) is 0 Å². The monoisotopic (exact) mass is 282 g/mol. The molecule has 0 heterocycles. The summed E-state index contributed by atoms with van der Waals surface area (Å²) in [6.07, 6.45) is 0. The van der Waals surface area contributed by atoms with Crippen LogP contribution in [0.25, 0.3) is 0 Å². The van der Waals surface area contributed by atoms with Crippen LogP contribution in [0.1, 0.15) is 5.56 Å². The first kappa shape index (κ1) is 14.4. The molecule has 0 aliphatic rings. The standard InChI is InChI=1S/C13H10BF3O3/c15-10-3-4-11(16)13(6-10)20-7-8-1-2-9(14(18)19)5-12(8)17/h1-6,18-19H,7H2. The Morgan fingerprint density at radius 1 is 0.950 bits per heavy atom. The van der Waals surface area contributed by atoms with Crippen molar-refractivity contribution < 1.29 is 28.0 Å². The van der Waals surface area contributed by atoms with Crippen LogP contribution in [0.3, 0.4) is 0 Å². The quantitative estimate of drug-likeness (QED) is 0.832. The fourth-order valence-electron chi connectivity index (χ4n) is 1.58. The topological polar surface area (TPSA) is 49.7 Å². The summed E-state index contributed by atoms with van der Waals surface area (Å²) < 4.78 is 44.8. The Hall–Kier alpha value is -1.99. The lowest BCUT2D eigenvalue weighted by atomic mass is 9.80. The summed E-state index contributed by atoms with van der Waals surface area (Å²) in [5.74, 6) is -2.47. The lowest BCUT2D eigenvalue weighted by Crippen LogP contribution is -2.30. The van der Waals surface area contributed by atoms with Gasteiger partial charge in [-0.2, -0.15) is 0 Å². The summed E-state index contributed by atoms with van der Waals surface area (Å²) in [4.78, 5) is 0. The van der Waals surface area contributed by atoms with Gasteiger partial charge in [-0.3, -0.25) is 0 Å². The first-order valence-electron chi connectivity index (χ1n) is 5.69. The number of rotatable bonds is 4. The Morgan fingerprint density at radius 3 is 2.35 bits per heavy atom. The molecule has 0 aliphatic heterocycles. The maximum Gasteiger partial charge on any atom is 0.488 e. The third-order valence-electron chi connectivity index (χ3n) is 2.65. The van der Waals surface area contributed by atoms with E-state index in [9.17, 15) is 13.2 Å². The molecule has 0 saturated carbocycles. The highest BCUT2D eigenvalue weighted by Gasteiger charge is 2.14. The van der Waals surface area contributed by atoms with Crippen molar-refractivity contribution in [2.24, 2.45) is 0 Å². The Balaban J connectivity index is 2.13. The van der Waals surface area contributed by atoms with E-state index in [1.54, 1.807) is 0 Å². The van der Waals surface area contributed by atoms with E-state index >= 15 is 0 Å². The predicted molar refractivity (Wildman–Crippen MR) is 66.9 cm³/mol. The van der Waals surface area contributed by atoms with Crippen molar-refractivity contribution in [3.05, 3.63) is 59.4 Å². The van der Waals surface area contributed by atoms with Gasteiger partial charge in [0.25, 0.3) is 0 Å². The molecular weight excluding hydrogens is 272 g/mol. The van der Waals surface area contributed by atoms with Gasteiger partial charge in [0, 0.05) is 11.6 Å². The smallest absolute Gasteiger partial charge is 0.486 e. The fourth-order valence-corrected chi connectivity index (χ4v) is 1.58. The van der Waals surface area contributed by atoms with Gasteiger partial charge in [0.2, 0.25) is 0 Å². The van der Waals surface area contributed by atoms with E-state index in [2.05, 4.69) is 0 Å². The van der Waals surface area contributed by atoms with Crippen LogP contribution in [0.2, 0.25) is 0 Å². The molecule has 7 heteroatoms. The van der Waals surface area contributed by atoms with Crippen molar-refractivity contribution in [1.29, 1.82) is 0 Å². The number of benzene rings is 2. The van der Waals surface area contributed by atoms with Gasteiger partial charge in [-0.05, 0) is 23.7 Å². The third-order valence-corrected chi connectivity index (χ3v) is 2.65. The minimum absolute atomic E-state index is 0.0109. The lowest BCUT2D eigenvalue weighted by Gasteiger charge is -2.09. The molecule has 0 saturated heterocycles. The minimum Gasteiger partial charge on any atom is -0.486 e. The van der Waals surface area contributed by atoms with Gasteiger partial charge in [-0.25, -0.2) is 13.2 Å². The van der Waals surface area contributed by atoms with Crippen molar-refractivity contribution in [3.8, 4) is 5.75 Å². The zero-order valence-electron chi connectivity index (χ0n) is 10.2. The van der Waals surface area contributed by atoms with E-state index in [1.165, 1.54) is 12.1 Å². The van der Waals surface area contributed by atoms with E-state index < -0.39 is 24.6 Å². The highest BCUT2D eigenvalue weighted by Crippen LogP contribution is 2.19. The summed E-state index contributed by atoms with van der Waals surface area (Å²) in [6, 6.07) is 6.23. The zero-order valence-corrected chi connectivity index (χ0v) is 10.2. The minimum atomic E-state index is -1.78. The first-order valence-corrected chi connectivity index (χ1v) is 5.69. The van der Waals surface area contributed by atoms with Crippen LogP contribution >= 0.6 is 0 Å². The van der Waals surface area contributed by atoms with Gasteiger partial charge >= 0.3 is 7.12 Å².